The van der Waals surface area contributed by atoms with Crippen molar-refractivity contribution in [3.05, 3.63) is 59.7 Å². The summed E-state index contributed by atoms with van der Waals surface area (Å²) in [5.74, 6) is 0.782. The molecule has 2 aromatic rings. The highest BCUT2D eigenvalue weighted by Crippen LogP contribution is 2.47. The Hall–Kier alpha value is -2.03. The van der Waals surface area contributed by atoms with Gasteiger partial charge in [-0.3, -0.25) is 4.79 Å². The molecule has 3 rings (SSSR count). The lowest BCUT2D eigenvalue weighted by Gasteiger charge is -2.40. The van der Waals surface area contributed by atoms with Crippen molar-refractivity contribution >= 4 is 6.29 Å². The predicted octanol–water partition coefficient (Wildman–Crippen LogP) is 2.76. The van der Waals surface area contributed by atoms with Crippen LogP contribution in [0.4, 0.5) is 0 Å². The number of benzene rings is 1. The first-order valence-electron chi connectivity index (χ1n) is 6.19. The minimum Gasteiger partial charge on any atom is -0.296 e. The Morgan fingerprint density at radius 3 is 2.50 bits per heavy atom. The third kappa shape index (κ3) is 1.63. The van der Waals surface area contributed by atoms with E-state index in [2.05, 4.69) is 22.1 Å². The Balaban J connectivity index is 2.09. The van der Waals surface area contributed by atoms with Crippen LogP contribution in [0.15, 0.2) is 42.6 Å². The van der Waals surface area contributed by atoms with Crippen LogP contribution >= 0.6 is 0 Å². The second-order valence-corrected chi connectivity index (χ2v) is 4.72. The molecule has 18 heavy (non-hydrogen) atoms. The van der Waals surface area contributed by atoms with E-state index in [4.69, 9.17) is 0 Å². The van der Waals surface area contributed by atoms with Crippen LogP contribution in [0.5, 0.6) is 0 Å². The first-order valence-corrected chi connectivity index (χ1v) is 6.19. The van der Waals surface area contributed by atoms with Crippen LogP contribution in [-0.2, 0) is 5.41 Å². The van der Waals surface area contributed by atoms with Gasteiger partial charge in [-0.1, -0.05) is 36.8 Å². The van der Waals surface area contributed by atoms with E-state index in [0.29, 0.717) is 5.69 Å². The molecule has 1 aromatic heterocycles. The van der Waals surface area contributed by atoms with E-state index >= 15 is 0 Å². The number of aldehydes is 1. The first-order chi connectivity index (χ1) is 8.85. The third-order valence-corrected chi connectivity index (χ3v) is 3.76. The van der Waals surface area contributed by atoms with Crippen LogP contribution in [0.3, 0.4) is 0 Å². The molecule has 3 heteroatoms. The standard InChI is InChI=1S/C15H14N2O/c18-11-13-7-10-16-14(17-13)15(8-4-9-15)12-5-2-1-3-6-12/h1-3,5-7,10-11H,4,8-9H2. The van der Waals surface area contributed by atoms with Crippen molar-refractivity contribution in [2.45, 2.75) is 24.7 Å². The molecule has 3 nitrogen and oxygen atoms in total. The lowest BCUT2D eigenvalue weighted by molar-refractivity contribution is 0.111. The van der Waals surface area contributed by atoms with Gasteiger partial charge in [-0.25, -0.2) is 9.97 Å². The van der Waals surface area contributed by atoms with Crippen molar-refractivity contribution in [1.82, 2.24) is 9.97 Å². The van der Waals surface area contributed by atoms with Gasteiger partial charge in [0.05, 0.1) is 5.41 Å². The highest BCUT2D eigenvalue weighted by atomic mass is 16.1. The van der Waals surface area contributed by atoms with E-state index in [1.54, 1.807) is 12.3 Å². The Morgan fingerprint density at radius 1 is 1.11 bits per heavy atom. The Bertz CT molecular complexity index is 562. The molecule has 1 aliphatic rings. The Morgan fingerprint density at radius 2 is 1.89 bits per heavy atom. The fourth-order valence-corrected chi connectivity index (χ4v) is 2.60. The molecule has 0 spiro atoms. The topological polar surface area (TPSA) is 42.9 Å². The highest BCUT2D eigenvalue weighted by molar-refractivity contribution is 5.71. The van der Waals surface area contributed by atoms with Crippen LogP contribution < -0.4 is 0 Å². The number of carbonyl (C=O) groups is 1. The van der Waals surface area contributed by atoms with Crippen LogP contribution in [-0.4, -0.2) is 16.3 Å². The number of nitrogens with zero attached hydrogens (tertiary/aromatic N) is 2. The summed E-state index contributed by atoms with van der Waals surface area (Å²) in [6, 6.07) is 12.0. The van der Waals surface area contributed by atoms with Gasteiger partial charge in [-0.15, -0.1) is 0 Å². The van der Waals surface area contributed by atoms with Gasteiger partial charge < -0.3 is 0 Å². The summed E-state index contributed by atoms with van der Waals surface area (Å²) in [7, 11) is 0. The first kappa shape index (κ1) is 11.1. The van der Waals surface area contributed by atoms with Crippen LogP contribution in [0.25, 0.3) is 0 Å². The molecular weight excluding hydrogens is 224 g/mol. The van der Waals surface area contributed by atoms with Gasteiger partial charge in [0.2, 0.25) is 0 Å². The zero-order valence-corrected chi connectivity index (χ0v) is 10.0. The van der Waals surface area contributed by atoms with Gasteiger partial charge in [0.1, 0.15) is 11.5 Å². The van der Waals surface area contributed by atoms with Crippen LogP contribution in [0.2, 0.25) is 0 Å². The predicted molar refractivity (Wildman–Crippen MR) is 68.5 cm³/mol. The maximum Gasteiger partial charge on any atom is 0.168 e. The number of hydrogen-bond donors (Lipinski definition) is 0. The molecule has 0 atom stereocenters. The monoisotopic (exact) mass is 238 g/mol. The second-order valence-electron chi connectivity index (χ2n) is 4.72. The van der Waals surface area contributed by atoms with Gasteiger partial charge in [0, 0.05) is 6.20 Å². The van der Waals surface area contributed by atoms with Crippen molar-refractivity contribution in [2.75, 3.05) is 0 Å². The highest BCUT2D eigenvalue weighted by Gasteiger charge is 2.42. The molecular formula is C15H14N2O. The van der Waals surface area contributed by atoms with Crippen molar-refractivity contribution in [2.24, 2.45) is 0 Å². The average molecular weight is 238 g/mol. The van der Waals surface area contributed by atoms with E-state index in [9.17, 15) is 4.79 Å². The summed E-state index contributed by atoms with van der Waals surface area (Å²) in [6.45, 7) is 0. The number of aromatic nitrogens is 2. The summed E-state index contributed by atoms with van der Waals surface area (Å²) in [4.78, 5) is 19.6. The average Bonchev–Trinajstić information content (AvgIpc) is 2.39. The normalized spacial score (nSPS) is 16.9. The van der Waals surface area contributed by atoms with Gasteiger partial charge >= 0.3 is 0 Å². The molecule has 1 heterocycles. The molecule has 0 radical (unpaired) electrons. The molecule has 1 fully saturated rings. The molecule has 1 saturated carbocycles. The van der Waals surface area contributed by atoms with Crippen LogP contribution in [0.1, 0.15) is 41.1 Å². The molecule has 0 saturated heterocycles. The smallest absolute Gasteiger partial charge is 0.168 e. The summed E-state index contributed by atoms with van der Waals surface area (Å²) in [6.07, 6.45) is 5.75. The lowest BCUT2D eigenvalue weighted by atomic mass is 9.64. The molecule has 0 unspecified atom stereocenters. The molecule has 1 aromatic carbocycles. The molecule has 0 amide bonds. The molecule has 90 valence electrons. The largest absolute Gasteiger partial charge is 0.296 e. The van der Waals surface area contributed by atoms with Gasteiger partial charge in [0.25, 0.3) is 0 Å². The Labute approximate surface area is 106 Å². The third-order valence-electron chi connectivity index (χ3n) is 3.76. The van der Waals surface area contributed by atoms with Crippen molar-refractivity contribution < 1.29 is 4.79 Å². The summed E-state index contributed by atoms with van der Waals surface area (Å²) >= 11 is 0. The molecule has 0 N–H and O–H groups in total. The summed E-state index contributed by atoms with van der Waals surface area (Å²) in [5.41, 5.74) is 1.63. The second kappa shape index (κ2) is 4.33. The molecule has 0 aliphatic heterocycles. The fourth-order valence-electron chi connectivity index (χ4n) is 2.60. The Kier molecular flexibility index (Phi) is 2.67. The van der Waals surface area contributed by atoms with Crippen molar-refractivity contribution in [3.8, 4) is 0 Å². The summed E-state index contributed by atoms with van der Waals surface area (Å²) in [5, 5.41) is 0. The van der Waals surface area contributed by atoms with Crippen molar-refractivity contribution in [3.63, 3.8) is 0 Å². The maximum absolute atomic E-state index is 10.8. The fraction of sp³-hybridized carbons (Fsp3) is 0.267. The van der Waals surface area contributed by atoms with Gasteiger partial charge in [-0.05, 0) is 24.5 Å². The minimum atomic E-state index is -0.0831. The van der Waals surface area contributed by atoms with Crippen LogP contribution in [0, 0.1) is 0 Å². The lowest BCUT2D eigenvalue weighted by Crippen LogP contribution is -2.37. The number of hydrogen-bond acceptors (Lipinski definition) is 3. The number of carbonyl (C=O) groups excluding carboxylic acids is 1. The number of rotatable bonds is 3. The maximum atomic E-state index is 10.8. The van der Waals surface area contributed by atoms with E-state index in [1.807, 2.05) is 18.2 Å². The van der Waals surface area contributed by atoms with Gasteiger partial charge in [0.15, 0.2) is 6.29 Å². The van der Waals surface area contributed by atoms with Gasteiger partial charge in [-0.2, -0.15) is 0 Å². The quantitative estimate of drug-likeness (QED) is 0.772. The zero-order valence-electron chi connectivity index (χ0n) is 10.0. The van der Waals surface area contributed by atoms with E-state index in [1.165, 1.54) is 12.0 Å². The van der Waals surface area contributed by atoms with E-state index in [-0.39, 0.29) is 5.41 Å². The minimum absolute atomic E-state index is 0.0831. The molecule has 1 aliphatic carbocycles. The zero-order chi connectivity index (χ0) is 12.4. The van der Waals surface area contributed by atoms with E-state index in [0.717, 1.165) is 25.0 Å². The van der Waals surface area contributed by atoms with E-state index < -0.39 is 0 Å². The summed E-state index contributed by atoms with van der Waals surface area (Å²) < 4.78 is 0. The molecule has 0 bridgehead atoms. The van der Waals surface area contributed by atoms with Crippen molar-refractivity contribution in [1.29, 1.82) is 0 Å². The SMILES string of the molecule is O=Cc1ccnc(C2(c3ccccc3)CCC2)n1.